The summed E-state index contributed by atoms with van der Waals surface area (Å²) in [5.41, 5.74) is 0. The Morgan fingerprint density at radius 2 is 2.12 bits per heavy atom. The predicted octanol–water partition coefficient (Wildman–Crippen LogP) is 0.937. The number of nitrogens with zero attached hydrogens (tertiary/aromatic N) is 1. The number of carbonyl (C=O) groups is 1. The molecule has 0 heterocycles. The summed E-state index contributed by atoms with van der Waals surface area (Å²) in [6.45, 7) is 1.04. The highest BCUT2D eigenvalue weighted by Crippen LogP contribution is 2.29. The Balaban J connectivity index is 2.46. The van der Waals surface area contributed by atoms with Gasteiger partial charge in [-0.3, -0.25) is 9.69 Å². The molecular formula is C10H16F3NO3. The summed E-state index contributed by atoms with van der Waals surface area (Å²) in [6.07, 6.45) is -5.56. The quantitative estimate of drug-likeness (QED) is 0.718. The van der Waals surface area contributed by atoms with E-state index in [4.69, 9.17) is 5.11 Å². The fourth-order valence-electron chi connectivity index (χ4n) is 1.48. The molecule has 0 bridgehead atoms. The third-order valence-corrected chi connectivity index (χ3v) is 2.49. The predicted molar refractivity (Wildman–Crippen MR) is 53.3 cm³/mol. The molecule has 1 atom stereocenters. The minimum absolute atomic E-state index is 0.0450. The Labute approximate surface area is 97.3 Å². The molecular weight excluding hydrogens is 239 g/mol. The molecule has 1 saturated carbocycles. The number of hydrogen-bond acceptors (Lipinski definition) is 4. The first-order valence-electron chi connectivity index (χ1n) is 5.49. The molecule has 1 rings (SSSR count). The maximum Gasteiger partial charge on any atom is 0.415 e. The lowest BCUT2D eigenvalue weighted by molar-refractivity contribution is -0.209. The van der Waals surface area contributed by atoms with E-state index in [0.29, 0.717) is 0 Å². The molecule has 1 unspecified atom stereocenters. The third kappa shape index (κ3) is 4.91. The normalized spacial score (nSPS) is 18.2. The first-order chi connectivity index (χ1) is 7.84. The molecule has 1 N–H and O–H groups in total. The van der Waals surface area contributed by atoms with Gasteiger partial charge in [0.2, 0.25) is 0 Å². The molecule has 1 aliphatic rings. The Kier molecular flexibility index (Phi) is 4.76. The first kappa shape index (κ1) is 14.2. The highest BCUT2D eigenvalue weighted by atomic mass is 19.4. The van der Waals surface area contributed by atoms with E-state index in [9.17, 15) is 18.0 Å². The summed E-state index contributed by atoms with van der Waals surface area (Å²) in [5, 5.41) is 8.96. The zero-order valence-corrected chi connectivity index (χ0v) is 9.54. The van der Waals surface area contributed by atoms with Crippen LogP contribution in [0.2, 0.25) is 0 Å². The van der Waals surface area contributed by atoms with E-state index in [1.165, 1.54) is 4.90 Å². The van der Waals surface area contributed by atoms with Gasteiger partial charge in [-0.1, -0.05) is 0 Å². The topological polar surface area (TPSA) is 49.8 Å². The monoisotopic (exact) mass is 255 g/mol. The maximum atomic E-state index is 12.2. The number of alkyl halides is 3. The zero-order chi connectivity index (χ0) is 13.1. The number of rotatable bonds is 6. The second-order valence-corrected chi connectivity index (χ2v) is 4.02. The fourth-order valence-corrected chi connectivity index (χ4v) is 1.48. The van der Waals surface area contributed by atoms with Gasteiger partial charge in [0.15, 0.2) is 6.10 Å². The summed E-state index contributed by atoms with van der Waals surface area (Å²) in [7, 11) is 0. The summed E-state index contributed by atoms with van der Waals surface area (Å²) >= 11 is 0. The number of ether oxygens (including phenoxy) is 1. The van der Waals surface area contributed by atoms with Gasteiger partial charge in [0, 0.05) is 12.6 Å². The zero-order valence-electron chi connectivity index (χ0n) is 9.54. The van der Waals surface area contributed by atoms with Crippen LogP contribution < -0.4 is 0 Å². The average molecular weight is 255 g/mol. The fraction of sp³-hybridized carbons (Fsp3) is 0.900. The average Bonchev–Trinajstić information content (AvgIpc) is 2.98. The molecule has 1 aliphatic carbocycles. The lowest BCUT2D eigenvalue weighted by Gasteiger charge is -2.24. The van der Waals surface area contributed by atoms with Gasteiger partial charge in [-0.15, -0.1) is 0 Å². The van der Waals surface area contributed by atoms with Gasteiger partial charge < -0.3 is 9.84 Å². The molecule has 0 aromatic heterocycles. The number of halogens is 3. The summed E-state index contributed by atoms with van der Waals surface area (Å²) in [5.74, 6) is -0.561. The number of carbonyl (C=O) groups excluding carboxylic acids is 1. The van der Waals surface area contributed by atoms with E-state index in [-0.39, 0.29) is 19.2 Å². The lowest BCUT2D eigenvalue weighted by atomic mass is 10.3. The third-order valence-electron chi connectivity index (χ3n) is 2.49. The minimum atomic E-state index is -4.65. The van der Waals surface area contributed by atoms with Crippen LogP contribution >= 0.6 is 0 Å². The largest absolute Gasteiger partial charge is 0.465 e. The number of aliphatic hydroxyl groups excluding tert-OH is 1. The standard InChI is InChI=1S/C10H16F3NO3/c1-2-17-9(16)6-14(7-3-4-7)5-8(15)10(11,12)13/h7-8,15H,2-6H2,1H3. The molecule has 0 radical (unpaired) electrons. The molecule has 7 heteroatoms. The molecule has 1 fully saturated rings. The van der Waals surface area contributed by atoms with Crippen molar-refractivity contribution in [3.63, 3.8) is 0 Å². The van der Waals surface area contributed by atoms with Crippen LogP contribution in [0.4, 0.5) is 13.2 Å². The van der Waals surface area contributed by atoms with Crippen molar-refractivity contribution in [1.29, 1.82) is 0 Å². The molecule has 100 valence electrons. The molecule has 0 aromatic rings. The molecule has 0 spiro atoms. The number of aliphatic hydroxyl groups is 1. The molecule has 17 heavy (non-hydrogen) atoms. The Morgan fingerprint density at radius 3 is 2.53 bits per heavy atom. The second kappa shape index (κ2) is 5.68. The van der Waals surface area contributed by atoms with Gasteiger partial charge in [0.1, 0.15) is 0 Å². The minimum Gasteiger partial charge on any atom is -0.465 e. The van der Waals surface area contributed by atoms with Crippen LogP contribution in [0.15, 0.2) is 0 Å². The van der Waals surface area contributed by atoms with Crippen LogP contribution in [0.5, 0.6) is 0 Å². The SMILES string of the molecule is CCOC(=O)CN(CC(O)C(F)(F)F)C1CC1. The summed E-state index contributed by atoms with van der Waals surface area (Å²) in [6, 6.07) is -0.0450. The van der Waals surface area contributed by atoms with Crippen LogP contribution in [-0.4, -0.2) is 54.0 Å². The van der Waals surface area contributed by atoms with Crippen LogP contribution in [0.25, 0.3) is 0 Å². The van der Waals surface area contributed by atoms with Gasteiger partial charge in [0.25, 0.3) is 0 Å². The lowest BCUT2D eigenvalue weighted by Crippen LogP contribution is -2.44. The summed E-state index contributed by atoms with van der Waals surface area (Å²) < 4.78 is 41.2. The van der Waals surface area contributed by atoms with Crippen molar-refractivity contribution in [3.05, 3.63) is 0 Å². The van der Waals surface area contributed by atoms with Gasteiger partial charge in [-0.2, -0.15) is 13.2 Å². The second-order valence-electron chi connectivity index (χ2n) is 4.02. The van der Waals surface area contributed by atoms with Crippen LogP contribution in [0.1, 0.15) is 19.8 Å². The first-order valence-corrected chi connectivity index (χ1v) is 5.49. The van der Waals surface area contributed by atoms with Crippen LogP contribution in [0, 0.1) is 0 Å². The van der Waals surface area contributed by atoms with E-state index >= 15 is 0 Å². The molecule has 0 amide bonds. The van der Waals surface area contributed by atoms with E-state index in [0.717, 1.165) is 12.8 Å². The van der Waals surface area contributed by atoms with Crippen molar-refractivity contribution < 1.29 is 27.8 Å². The van der Waals surface area contributed by atoms with Crippen LogP contribution in [0.3, 0.4) is 0 Å². The van der Waals surface area contributed by atoms with E-state index in [1.54, 1.807) is 6.92 Å². The summed E-state index contributed by atoms with van der Waals surface area (Å²) in [4.78, 5) is 12.5. The van der Waals surface area contributed by atoms with Crippen molar-refractivity contribution in [2.24, 2.45) is 0 Å². The van der Waals surface area contributed by atoms with E-state index < -0.39 is 24.8 Å². The molecule has 0 aromatic carbocycles. The van der Waals surface area contributed by atoms with Crippen molar-refractivity contribution >= 4 is 5.97 Å². The highest BCUT2D eigenvalue weighted by molar-refractivity contribution is 5.71. The number of hydrogen-bond donors (Lipinski definition) is 1. The van der Waals surface area contributed by atoms with Crippen LogP contribution in [-0.2, 0) is 9.53 Å². The maximum absolute atomic E-state index is 12.2. The van der Waals surface area contributed by atoms with Crippen molar-refractivity contribution in [1.82, 2.24) is 4.90 Å². The molecule has 0 saturated heterocycles. The Hall–Kier alpha value is -0.820. The van der Waals surface area contributed by atoms with Gasteiger partial charge >= 0.3 is 12.1 Å². The molecule has 0 aliphatic heterocycles. The Morgan fingerprint density at radius 1 is 1.53 bits per heavy atom. The smallest absolute Gasteiger partial charge is 0.415 e. The van der Waals surface area contributed by atoms with Gasteiger partial charge in [0.05, 0.1) is 13.2 Å². The van der Waals surface area contributed by atoms with Crippen molar-refractivity contribution in [2.45, 2.75) is 38.1 Å². The number of esters is 1. The van der Waals surface area contributed by atoms with Crippen molar-refractivity contribution in [3.8, 4) is 0 Å². The van der Waals surface area contributed by atoms with Gasteiger partial charge in [-0.25, -0.2) is 0 Å². The van der Waals surface area contributed by atoms with Crippen molar-refractivity contribution in [2.75, 3.05) is 19.7 Å². The Bertz CT molecular complexity index is 266. The highest BCUT2D eigenvalue weighted by Gasteiger charge is 2.42. The van der Waals surface area contributed by atoms with E-state index in [2.05, 4.69) is 4.74 Å². The molecule has 4 nitrogen and oxygen atoms in total. The van der Waals surface area contributed by atoms with Gasteiger partial charge in [-0.05, 0) is 19.8 Å². The van der Waals surface area contributed by atoms with E-state index in [1.807, 2.05) is 0 Å².